The Morgan fingerprint density at radius 1 is 1.05 bits per heavy atom. The molecule has 8 nitrogen and oxygen atoms in total. The first kappa shape index (κ1) is 27.5. The number of hydrogen-bond donors (Lipinski definition) is 3. The van der Waals surface area contributed by atoms with Crippen LogP contribution in [0.2, 0.25) is 5.02 Å². The summed E-state index contributed by atoms with van der Waals surface area (Å²) in [6, 6.07) is 9.30. The van der Waals surface area contributed by atoms with Crippen LogP contribution in [0.25, 0.3) is 22.6 Å². The molecule has 2 aromatic carbocycles. The van der Waals surface area contributed by atoms with E-state index in [0.717, 1.165) is 69.3 Å². The Kier molecular flexibility index (Phi) is 8.11. The van der Waals surface area contributed by atoms with Crippen molar-refractivity contribution < 1.29 is 13.6 Å². The molecule has 0 unspecified atom stereocenters. The highest BCUT2D eigenvalue weighted by Crippen LogP contribution is 2.34. The predicted octanol–water partition coefficient (Wildman–Crippen LogP) is 6.17. The summed E-state index contributed by atoms with van der Waals surface area (Å²) in [5.74, 6) is -0.262. The molecule has 1 atom stereocenters. The van der Waals surface area contributed by atoms with Gasteiger partial charge in [-0.15, -0.1) is 0 Å². The summed E-state index contributed by atoms with van der Waals surface area (Å²) < 4.78 is 29.1. The van der Waals surface area contributed by atoms with E-state index in [0.29, 0.717) is 51.7 Å². The van der Waals surface area contributed by atoms with E-state index in [9.17, 15) is 13.6 Å². The van der Waals surface area contributed by atoms with Crippen molar-refractivity contribution in [3.63, 3.8) is 0 Å². The number of halogens is 3. The van der Waals surface area contributed by atoms with Crippen molar-refractivity contribution in [1.29, 1.82) is 0 Å². The van der Waals surface area contributed by atoms with Crippen LogP contribution in [-0.2, 0) is 17.9 Å². The van der Waals surface area contributed by atoms with Crippen LogP contribution >= 0.6 is 11.6 Å². The number of amides is 1. The number of nitrogens with zero attached hydrogens (tertiary/aromatic N) is 4. The number of carbonyl (C=O) groups is 1. The van der Waals surface area contributed by atoms with Crippen molar-refractivity contribution in [3.8, 4) is 11.4 Å². The number of nitrogens with one attached hydrogen (secondary N) is 3. The molecule has 1 amide bonds. The minimum Gasteiger partial charge on any atom is -0.350 e. The molecule has 1 saturated heterocycles. The molecule has 214 valence electrons. The van der Waals surface area contributed by atoms with E-state index in [1.165, 1.54) is 6.07 Å². The van der Waals surface area contributed by atoms with Gasteiger partial charge in [-0.2, -0.15) is 4.98 Å². The van der Waals surface area contributed by atoms with Crippen LogP contribution < -0.4 is 16.0 Å². The summed E-state index contributed by atoms with van der Waals surface area (Å²) in [5, 5.41) is 10.1. The van der Waals surface area contributed by atoms with Crippen LogP contribution in [0.4, 0.5) is 20.4 Å². The molecule has 0 spiro atoms. The summed E-state index contributed by atoms with van der Waals surface area (Å²) in [4.78, 5) is 26.7. The third-order valence-corrected chi connectivity index (χ3v) is 8.28. The molecule has 3 N–H and O–H groups in total. The molecule has 1 aliphatic carbocycles. The van der Waals surface area contributed by atoms with Crippen LogP contribution in [0.15, 0.2) is 42.6 Å². The maximum absolute atomic E-state index is 13.7. The van der Waals surface area contributed by atoms with E-state index >= 15 is 0 Å². The van der Waals surface area contributed by atoms with Crippen molar-refractivity contribution in [2.45, 2.75) is 51.6 Å². The van der Waals surface area contributed by atoms with Crippen LogP contribution in [0.1, 0.15) is 44.1 Å². The molecule has 0 radical (unpaired) electrons. The van der Waals surface area contributed by atoms with Crippen LogP contribution in [0.5, 0.6) is 0 Å². The van der Waals surface area contributed by atoms with Gasteiger partial charge in [0.2, 0.25) is 11.9 Å². The smallest absolute Gasteiger partial charge is 0.227 e. The lowest BCUT2D eigenvalue weighted by molar-refractivity contribution is -0.119. The largest absolute Gasteiger partial charge is 0.350 e. The lowest BCUT2D eigenvalue weighted by Crippen LogP contribution is -2.32. The summed E-state index contributed by atoms with van der Waals surface area (Å²) in [5.41, 5.74) is 3.25. The fourth-order valence-corrected chi connectivity index (χ4v) is 6.02. The SMILES string of the molecule is O=C(Nc1ccc(-c2nc3cnc(NCc4ccc(F)c(F)c4)nc3n2C[C@@H]2CCCNC2)c(Cl)c1)C1CCCC1. The van der Waals surface area contributed by atoms with Gasteiger partial charge < -0.3 is 20.5 Å². The number of rotatable bonds is 8. The second-order valence-electron chi connectivity index (χ2n) is 10.9. The minimum absolute atomic E-state index is 0.0435. The second-order valence-corrected chi connectivity index (χ2v) is 11.3. The van der Waals surface area contributed by atoms with E-state index in [4.69, 9.17) is 21.6 Å². The molecular weight excluding hydrogens is 548 g/mol. The van der Waals surface area contributed by atoms with Gasteiger partial charge in [0.15, 0.2) is 17.3 Å². The normalized spacial score (nSPS) is 17.7. The van der Waals surface area contributed by atoms with E-state index in [1.807, 2.05) is 12.1 Å². The number of anilines is 2. The lowest BCUT2D eigenvalue weighted by Gasteiger charge is -2.24. The zero-order valence-electron chi connectivity index (χ0n) is 22.6. The summed E-state index contributed by atoms with van der Waals surface area (Å²) in [6.07, 6.45) is 7.87. The maximum atomic E-state index is 13.7. The van der Waals surface area contributed by atoms with Crippen molar-refractivity contribution in [2.24, 2.45) is 11.8 Å². The monoisotopic (exact) mass is 579 g/mol. The van der Waals surface area contributed by atoms with Gasteiger partial charge in [-0.05, 0) is 80.6 Å². The fraction of sp³-hybridized carbons (Fsp3) is 0.400. The average Bonchev–Trinajstić information content (AvgIpc) is 3.63. The van der Waals surface area contributed by atoms with Gasteiger partial charge in [-0.3, -0.25) is 4.79 Å². The van der Waals surface area contributed by atoms with E-state index in [-0.39, 0.29) is 18.4 Å². The summed E-state index contributed by atoms with van der Waals surface area (Å²) in [6.45, 7) is 2.82. The molecule has 2 fully saturated rings. The Morgan fingerprint density at radius 3 is 2.66 bits per heavy atom. The Bertz CT molecular complexity index is 1560. The third kappa shape index (κ3) is 6.18. The quantitative estimate of drug-likeness (QED) is 0.231. The predicted molar refractivity (Wildman–Crippen MR) is 156 cm³/mol. The Balaban J connectivity index is 1.30. The van der Waals surface area contributed by atoms with Gasteiger partial charge >= 0.3 is 0 Å². The van der Waals surface area contributed by atoms with E-state index in [2.05, 4.69) is 25.5 Å². The number of benzene rings is 2. The van der Waals surface area contributed by atoms with Crippen LogP contribution in [-0.4, -0.2) is 38.5 Å². The zero-order chi connectivity index (χ0) is 28.3. The molecular formula is C30H32ClF2N7O. The maximum Gasteiger partial charge on any atom is 0.227 e. The Labute approximate surface area is 241 Å². The number of aromatic nitrogens is 4. The van der Waals surface area contributed by atoms with Gasteiger partial charge in [-0.25, -0.2) is 18.7 Å². The molecule has 11 heteroatoms. The summed E-state index contributed by atoms with van der Waals surface area (Å²) in [7, 11) is 0. The van der Waals surface area contributed by atoms with Gasteiger partial charge in [0, 0.05) is 30.3 Å². The molecule has 2 aliphatic rings. The highest BCUT2D eigenvalue weighted by atomic mass is 35.5. The zero-order valence-corrected chi connectivity index (χ0v) is 23.4. The Morgan fingerprint density at radius 2 is 1.90 bits per heavy atom. The summed E-state index contributed by atoms with van der Waals surface area (Å²) >= 11 is 6.80. The van der Waals surface area contributed by atoms with Gasteiger partial charge in [-0.1, -0.05) is 30.5 Å². The highest BCUT2D eigenvalue weighted by molar-refractivity contribution is 6.33. The van der Waals surface area contributed by atoms with E-state index in [1.54, 1.807) is 12.3 Å². The second kappa shape index (κ2) is 12.1. The minimum atomic E-state index is -0.898. The van der Waals surface area contributed by atoms with Gasteiger partial charge in [0.05, 0.1) is 11.2 Å². The van der Waals surface area contributed by atoms with Gasteiger partial charge in [0.1, 0.15) is 11.3 Å². The molecule has 1 saturated carbocycles. The first-order valence-electron chi connectivity index (χ1n) is 14.2. The molecule has 6 rings (SSSR count). The number of fused-ring (bicyclic) bond motifs is 1. The molecule has 3 heterocycles. The third-order valence-electron chi connectivity index (χ3n) is 7.97. The molecule has 1 aliphatic heterocycles. The van der Waals surface area contributed by atoms with Crippen molar-refractivity contribution >= 4 is 40.3 Å². The molecule has 4 aromatic rings. The van der Waals surface area contributed by atoms with Crippen LogP contribution in [0.3, 0.4) is 0 Å². The standard InChI is InChI=1S/C30H32ClF2N7O/c31-23-13-21(37-29(41)20-5-1-2-6-20)8-9-22(23)27-38-26-16-36-30(35-15-18-7-10-24(32)25(33)12-18)39-28(26)40(27)17-19-4-3-11-34-14-19/h7-10,12-13,16,19-20,34H,1-6,11,14-15,17H2,(H,37,41)(H,35,36,39)/t19-/m1/s1. The van der Waals surface area contributed by atoms with Crippen LogP contribution in [0, 0.1) is 23.5 Å². The first-order chi connectivity index (χ1) is 19.9. The van der Waals surface area contributed by atoms with Gasteiger partial charge in [0.25, 0.3) is 0 Å². The fourth-order valence-electron chi connectivity index (χ4n) is 5.76. The number of imidazole rings is 1. The average molecular weight is 580 g/mol. The topological polar surface area (TPSA) is 96.8 Å². The Hall–Kier alpha value is -3.63. The van der Waals surface area contributed by atoms with E-state index < -0.39 is 11.6 Å². The number of piperidine rings is 1. The first-order valence-corrected chi connectivity index (χ1v) is 14.5. The highest BCUT2D eigenvalue weighted by Gasteiger charge is 2.24. The molecule has 0 bridgehead atoms. The molecule has 41 heavy (non-hydrogen) atoms. The van der Waals surface area contributed by atoms with Crippen molar-refractivity contribution in [1.82, 2.24) is 24.8 Å². The molecule has 2 aromatic heterocycles. The van der Waals surface area contributed by atoms with Crippen molar-refractivity contribution in [3.05, 3.63) is 64.8 Å². The van der Waals surface area contributed by atoms with Crippen molar-refractivity contribution in [2.75, 3.05) is 23.7 Å². The number of hydrogen-bond acceptors (Lipinski definition) is 6. The lowest BCUT2D eigenvalue weighted by atomic mass is 9.99. The number of carbonyl (C=O) groups excluding carboxylic acids is 1.